The number of carbonyl (C=O) groups excluding carboxylic acids is 1. The Morgan fingerprint density at radius 3 is 2.44 bits per heavy atom. The third-order valence-electron chi connectivity index (χ3n) is 5.59. The Hall–Kier alpha value is -1.24. The van der Waals surface area contributed by atoms with Crippen LogP contribution in [0.3, 0.4) is 0 Å². The van der Waals surface area contributed by atoms with Crippen LogP contribution < -0.4 is 5.32 Å². The lowest BCUT2D eigenvalue weighted by molar-refractivity contribution is -0.239. The number of hydrogen-bond acceptors (Lipinski definition) is 5. The lowest BCUT2D eigenvalue weighted by atomic mass is 9.81. The Morgan fingerprint density at radius 2 is 1.81 bits per heavy atom. The highest BCUT2D eigenvalue weighted by Crippen LogP contribution is 2.41. The number of unbranched alkanes of at least 4 members (excludes halogenated alkanes) is 3. The molecule has 156 valence electrons. The quantitative estimate of drug-likeness (QED) is 0.254. The zero-order valence-corrected chi connectivity index (χ0v) is 17.2. The molecular weight excluding hydrogens is 346 g/mol. The molecule has 0 unspecified atom stereocenters. The summed E-state index contributed by atoms with van der Waals surface area (Å²) in [5.41, 5.74) is -0.444. The van der Waals surface area contributed by atoms with Gasteiger partial charge >= 0.3 is 5.97 Å². The number of carboxylic acids is 1. The van der Waals surface area contributed by atoms with Crippen LogP contribution in [0.1, 0.15) is 77.6 Å². The number of ketones is 1. The van der Waals surface area contributed by atoms with Gasteiger partial charge in [0.2, 0.25) is 0 Å². The van der Waals surface area contributed by atoms with E-state index in [-0.39, 0.29) is 6.42 Å². The summed E-state index contributed by atoms with van der Waals surface area (Å²) in [5, 5.41) is 12.3. The molecular formula is C21H37NO5. The minimum Gasteiger partial charge on any atom is -0.481 e. The van der Waals surface area contributed by atoms with E-state index in [2.05, 4.69) is 18.3 Å². The third kappa shape index (κ3) is 7.01. The number of hydrogen-bond donors (Lipinski definition) is 2. The van der Waals surface area contributed by atoms with Crippen molar-refractivity contribution in [3.05, 3.63) is 12.2 Å². The van der Waals surface area contributed by atoms with Gasteiger partial charge in [-0.3, -0.25) is 9.59 Å². The molecule has 2 N–H and O–H groups in total. The van der Waals surface area contributed by atoms with Gasteiger partial charge in [0.25, 0.3) is 0 Å². The Morgan fingerprint density at radius 1 is 1.07 bits per heavy atom. The third-order valence-corrected chi connectivity index (χ3v) is 5.59. The highest BCUT2D eigenvalue weighted by atomic mass is 16.7. The maximum atomic E-state index is 12.3. The summed E-state index contributed by atoms with van der Waals surface area (Å²) in [6.45, 7) is 2.91. The molecule has 0 bridgehead atoms. The first-order valence-electron chi connectivity index (χ1n) is 10.2. The summed E-state index contributed by atoms with van der Waals surface area (Å²) in [6, 6.07) is 0. The molecule has 1 heterocycles. The summed E-state index contributed by atoms with van der Waals surface area (Å²) < 4.78 is 11.6. The van der Waals surface area contributed by atoms with Crippen molar-refractivity contribution in [2.45, 2.75) is 88.9 Å². The van der Waals surface area contributed by atoms with Crippen molar-refractivity contribution in [3.8, 4) is 0 Å². The number of ether oxygens (including phenoxy) is 2. The van der Waals surface area contributed by atoms with E-state index < -0.39 is 17.3 Å². The van der Waals surface area contributed by atoms with E-state index in [0.717, 1.165) is 38.6 Å². The number of aliphatic carboxylic acids is 1. The fourth-order valence-electron chi connectivity index (χ4n) is 3.95. The molecule has 1 aliphatic rings. The van der Waals surface area contributed by atoms with Gasteiger partial charge in [-0.1, -0.05) is 31.9 Å². The fourth-order valence-corrected chi connectivity index (χ4v) is 3.95. The molecule has 0 aliphatic carbocycles. The van der Waals surface area contributed by atoms with Gasteiger partial charge in [0, 0.05) is 46.4 Å². The van der Waals surface area contributed by atoms with Crippen LogP contribution in [0.2, 0.25) is 0 Å². The van der Waals surface area contributed by atoms with Crippen LogP contribution in [0.5, 0.6) is 0 Å². The normalized spacial score (nSPS) is 21.7. The average molecular weight is 384 g/mol. The number of Topliss-reactive ketones (excluding diaryl/α,β-unsaturated/α-hetero) is 1. The molecule has 6 nitrogen and oxygen atoms in total. The van der Waals surface area contributed by atoms with Crippen molar-refractivity contribution in [1.82, 2.24) is 5.32 Å². The molecule has 0 spiro atoms. The summed E-state index contributed by atoms with van der Waals surface area (Å²) in [4.78, 5) is 22.9. The standard InChI is InChI=1S/C21H37NO5/c1-4-5-8-11-18(23)13-15-20(14-10-7-6-9-12-19(24)25)21(26-2,27-3)16-17-22-20/h7,10,22H,4-6,8-9,11-17H2,1-3H3,(H,24,25)/b10-7-/t20-/m1/s1. The molecule has 1 rings (SSSR count). The molecule has 0 aromatic carbocycles. The fraction of sp³-hybridized carbons (Fsp3) is 0.810. The topological polar surface area (TPSA) is 84.9 Å². The Bertz CT molecular complexity index is 487. The molecule has 0 aromatic rings. The van der Waals surface area contributed by atoms with E-state index in [4.69, 9.17) is 14.6 Å². The second kappa shape index (κ2) is 12.3. The lowest BCUT2D eigenvalue weighted by Gasteiger charge is -2.43. The minimum atomic E-state index is -0.767. The monoisotopic (exact) mass is 383 g/mol. The van der Waals surface area contributed by atoms with Crippen molar-refractivity contribution in [2.24, 2.45) is 0 Å². The van der Waals surface area contributed by atoms with Crippen molar-refractivity contribution in [1.29, 1.82) is 0 Å². The summed E-state index contributed by atoms with van der Waals surface area (Å²) in [6.07, 6.45) is 12.0. The van der Waals surface area contributed by atoms with Gasteiger partial charge in [0.15, 0.2) is 5.79 Å². The molecule has 1 aliphatic heterocycles. The molecule has 1 fully saturated rings. The summed E-state index contributed by atoms with van der Waals surface area (Å²) in [7, 11) is 3.32. The Kier molecular flexibility index (Phi) is 10.8. The van der Waals surface area contributed by atoms with E-state index in [1.807, 2.05) is 6.08 Å². The smallest absolute Gasteiger partial charge is 0.303 e. The Balaban J connectivity index is 2.71. The number of rotatable bonds is 15. The van der Waals surface area contributed by atoms with Crippen LogP contribution in [0, 0.1) is 0 Å². The summed E-state index contributed by atoms with van der Waals surface area (Å²) in [5.74, 6) is -1.22. The maximum Gasteiger partial charge on any atom is 0.303 e. The Labute approximate surface area is 163 Å². The molecule has 0 amide bonds. The highest BCUT2D eigenvalue weighted by molar-refractivity contribution is 5.78. The SMILES string of the molecule is CCCCCC(=O)CC[C@@]1(C/C=C\CCCC(=O)O)NCCC1(OC)OC. The lowest BCUT2D eigenvalue weighted by Crippen LogP contribution is -2.58. The predicted molar refractivity (Wildman–Crippen MR) is 106 cm³/mol. The maximum absolute atomic E-state index is 12.3. The van der Waals surface area contributed by atoms with Crippen LogP contribution in [-0.4, -0.2) is 48.9 Å². The molecule has 0 saturated carbocycles. The van der Waals surface area contributed by atoms with Gasteiger partial charge in [-0.15, -0.1) is 0 Å². The van der Waals surface area contributed by atoms with Crippen molar-refractivity contribution >= 4 is 11.8 Å². The number of carboxylic acid groups (broad SMARTS) is 1. The average Bonchev–Trinajstić information content (AvgIpc) is 3.02. The minimum absolute atomic E-state index is 0.181. The largest absolute Gasteiger partial charge is 0.481 e. The van der Waals surface area contributed by atoms with Gasteiger partial charge in [-0.05, 0) is 32.1 Å². The molecule has 0 aromatic heterocycles. The summed E-state index contributed by atoms with van der Waals surface area (Å²) >= 11 is 0. The van der Waals surface area contributed by atoms with E-state index >= 15 is 0 Å². The van der Waals surface area contributed by atoms with Crippen LogP contribution in [0.4, 0.5) is 0 Å². The van der Waals surface area contributed by atoms with Gasteiger partial charge in [0.1, 0.15) is 5.78 Å². The highest BCUT2D eigenvalue weighted by Gasteiger charge is 2.55. The van der Waals surface area contributed by atoms with Gasteiger partial charge in [0.05, 0.1) is 5.54 Å². The second-order valence-electron chi connectivity index (χ2n) is 7.38. The number of nitrogens with one attached hydrogen (secondary N) is 1. The van der Waals surface area contributed by atoms with Crippen LogP contribution in [0.15, 0.2) is 12.2 Å². The molecule has 0 radical (unpaired) electrons. The zero-order valence-electron chi connectivity index (χ0n) is 17.2. The van der Waals surface area contributed by atoms with E-state index in [9.17, 15) is 9.59 Å². The molecule has 27 heavy (non-hydrogen) atoms. The number of allylic oxidation sites excluding steroid dienone is 1. The zero-order chi connectivity index (χ0) is 20.2. The van der Waals surface area contributed by atoms with Crippen LogP contribution in [0.25, 0.3) is 0 Å². The van der Waals surface area contributed by atoms with Crippen LogP contribution >= 0.6 is 0 Å². The predicted octanol–water partition coefficient (Wildman–Crippen LogP) is 3.84. The van der Waals surface area contributed by atoms with Crippen molar-refractivity contribution < 1.29 is 24.2 Å². The first kappa shape index (κ1) is 23.8. The van der Waals surface area contributed by atoms with Gasteiger partial charge in [-0.2, -0.15) is 0 Å². The molecule has 6 heteroatoms. The number of methoxy groups -OCH3 is 2. The first-order chi connectivity index (χ1) is 12.9. The molecule has 1 saturated heterocycles. The number of carbonyl (C=O) groups is 2. The van der Waals surface area contributed by atoms with Gasteiger partial charge < -0.3 is 19.9 Å². The van der Waals surface area contributed by atoms with Gasteiger partial charge in [-0.25, -0.2) is 0 Å². The second-order valence-corrected chi connectivity index (χ2v) is 7.38. The molecule has 1 atom stereocenters. The first-order valence-corrected chi connectivity index (χ1v) is 10.2. The van der Waals surface area contributed by atoms with E-state index in [1.54, 1.807) is 14.2 Å². The van der Waals surface area contributed by atoms with E-state index in [0.29, 0.717) is 37.9 Å². The van der Waals surface area contributed by atoms with Crippen LogP contribution in [-0.2, 0) is 19.1 Å². The van der Waals surface area contributed by atoms with Crippen molar-refractivity contribution in [3.63, 3.8) is 0 Å². The van der Waals surface area contributed by atoms with Crippen molar-refractivity contribution in [2.75, 3.05) is 20.8 Å². The van der Waals surface area contributed by atoms with E-state index in [1.165, 1.54) is 0 Å².